The predicted octanol–water partition coefficient (Wildman–Crippen LogP) is 2.90. The van der Waals surface area contributed by atoms with Crippen molar-refractivity contribution in [3.63, 3.8) is 0 Å². The lowest BCUT2D eigenvalue weighted by Crippen LogP contribution is -2.59. The Morgan fingerprint density at radius 2 is 1.71 bits per heavy atom. The molecule has 1 saturated carbocycles. The van der Waals surface area contributed by atoms with Gasteiger partial charge < -0.3 is 5.11 Å². The van der Waals surface area contributed by atoms with Gasteiger partial charge in [-0.3, -0.25) is 9.69 Å². The van der Waals surface area contributed by atoms with Gasteiger partial charge in [0.15, 0.2) is 0 Å². The Morgan fingerprint density at radius 1 is 1.12 bits per heavy atom. The minimum Gasteiger partial charge on any atom is -0.481 e. The molecule has 1 atom stereocenters. The van der Waals surface area contributed by atoms with Crippen molar-refractivity contribution in [2.75, 3.05) is 13.1 Å². The molecule has 17 heavy (non-hydrogen) atoms. The van der Waals surface area contributed by atoms with E-state index in [0.717, 1.165) is 25.9 Å². The molecule has 0 spiro atoms. The molecule has 1 saturated heterocycles. The fraction of sp³-hybridized carbons (Fsp3) is 0.929. The zero-order valence-corrected chi connectivity index (χ0v) is 11.2. The first kappa shape index (κ1) is 12.9. The molecule has 0 aromatic carbocycles. The minimum absolute atomic E-state index is 0.0897. The van der Waals surface area contributed by atoms with E-state index >= 15 is 0 Å². The maximum absolute atomic E-state index is 11.3. The third-order valence-electron chi connectivity index (χ3n) is 5.06. The van der Waals surface area contributed by atoms with Gasteiger partial charge in [-0.15, -0.1) is 0 Å². The molecule has 0 aromatic rings. The molecule has 3 nitrogen and oxygen atoms in total. The van der Waals surface area contributed by atoms with Crippen molar-refractivity contribution in [2.24, 2.45) is 5.41 Å². The summed E-state index contributed by atoms with van der Waals surface area (Å²) < 4.78 is 0. The summed E-state index contributed by atoms with van der Waals surface area (Å²) in [6.45, 7) is 6.73. The van der Waals surface area contributed by atoms with E-state index in [4.69, 9.17) is 0 Å². The van der Waals surface area contributed by atoms with Crippen LogP contribution in [0.2, 0.25) is 0 Å². The van der Waals surface area contributed by atoms with Gasteiger partial charge in [-0.05, 0) is 44.2 Å². The van der Waals surface area contributed by atoms with Crippen molar-refractivity contribution in [3.05, 3.63) is 0 Å². The summed E-state index contributed by atoms with van der Waals surface area (Å²) >= 11 is 0. The van der Waals surface area contributed by atoms with E-state index in [1.807, 2.05) is 0 Å². The highest BCUT2D eigenvalue weighted by molar-refractivity contribution is 5.68. The summed E-state index contributed by atoms with van der Waals surface area (Å²) in [5.74, 6) is -0.633. The molecule has 1 N–H and O–H groups in total. The molecular formula is C14H25NO2. The van der Waals surface area contributed by atoms with Gasteiger partial charge in [-0.25, -0.2) is 0 Å². The van der Waals surface area contributed by atoms with E-state index in [0.29, 0.717) is 6.42 Å². The molecule has 0 amide bonds. The molecule has 0 bridgehead atoms. The molecule has 1 heterocycles. The molecule has 0 radical (unpaired) electrons. The average molecular weight is 239 g/mol. The fourth-order valence-electron chi connectivity index (χ4n) is 3.98. The summed E-state index contributed by atoms with van der Waals surface area (Å²) in [7, 11) is 0. The molecule has 3 heteroatoms. The van der Waals surface area contributed by atoms with E-state index in [1.165, 1.54) is 25.7 Å². The predicted molar refractivity (Wildman–Crippen MR) is 68.0 cm³/mol. The van der Waals surface area contributed by atoms with Crippen LogP contribution in [-0.2, 0) is 4.79 Å². The van der Waals surface area contributed by atoms with Crippen LogP contribution < -0.4 is 0 Å². The highest BCUT2D eigenvalue weighted by Gasteiger charge is 2.51. The van der Waals surface area contributed by atoms with Crippen LogP contribution in [-0.4, -0.2) is 34.6 Å². The van der Waals surface area contributed by atoms with Crippen molar-refractivity contribution >= 4 is 5.97 Å². The highest BCUT2D eigenvalue weighted by atomic mass is 16.4. The maximum Gasteiger partial charge on any atom is 0.305 e. The van der Waals surface area contributed by atoms with Crippen LogP contribution in [0.4, 0.5) is 0 Å². The van der Waals surface area contributed by atoms with Crippen molar-refractivity contribution in [1.29, 1.82) is 0 Å². The number of carboxylic acids is 1. The molecule has 1 aliphatic heterocycles. The van der Waals surface area contributed by atoms with Crippen LogP contribution in [0.3, 0.4) is 0 Å². The smallest absolute Gasteiger partial charge is 0.305 e. The Hall–Kier alpha value is -0.570. The first-order chi connectivity index (χ1) is 7.98. The van der Waals surface area contributed by atoms with Crippen molar-refractivity contribution < 1.29 is 9.90 Å². The number of carbonyl (C=O) groups is 1. The molecule has 98 valence electrons. The SMILES string of the molecule is CC1(C)CCCCC1(CC(=O)O)N1CCCC1. The molecule has 2 aliphatic rings. The monoisotopic (exact) mass is 239 g/mol. The lowest BCUT2D eigenvalue weighted by atomic mass is 9.61. The number of hydrogen-bond donors (Lipinski definition) is 1. The first-order valence-corrected chi connectivity index (χ1v) is 6.95. The second-order valence-electron chi connectivity index (χ2n) is 6.39. The van der Waals surface area contributed by atoms with Gasteiger partial charge >= 0.3 is 5.97 Å². The van der Waals surface area contributed by atoms with Crippen LogP contribution in [0.25, 0.3) is 0 Å². The van der Waals surface area contributed by atoms with Gasteiger partial charge in [0.2, 0.25) is 0 Å². The second kappa shape index (κ2) is 4.60. The zero-order valence-electron chi connectivity index (χ0n) is 11.2. The van der Waals surface area contributed by atoms with Crippen LogP contribution in [0, 0.1) is 5.41 Å². The molecule has 2 fully saturated rings. The lowest BCUT2D eigenvalue weighted by Gasteiger charge is -2.55. The largest absolute Gasteiger partial charge is 0.481 e. The van der Waals surface area contributed by atoms with E-state index in [1.54, 1.807) is 0 Å². The highest BCUT2D eigenvalue weighted by Crippen LogP contribution is 2.50. The summed E-state index contributed by atoms with van der Waals surface area (Å²) in [5.41, 5.74) is 0.0432. The summed E-state index contributed by atoms with van der Waals surface area (Å²) in [5, 5.41) is 9.30. The van der Waals surface area contributed by atoms with E-state index in [2.05, 4.69) is 18.7 Å². The summed E-state index contributed by atoms with van der Waals surface area (Å²) in [6, 6.07) is 0. The van der Waals surface area contributed by atoms with Gasteiger partial charge in [0.1, 0.15) is 0 Å². The molecular weight excluding hydrogens is 214 g/mol. The summed E-state index contributed by atoms with van der Waals surface area (Å²) in [4.78, 5) is 13.8. The number of rotatable bonds is 3. The Morgan fingerprint density at radius 3 is 2.24 bits per heavy atom. The normalized spacial score (nSPS) is 33.8. The molecule has 1 unspecified atom stereocenters. The quantitative estimate of drug-likeness (QED) is 0.823. The van der Waals surface area contributed by atoms with Gasteiger partial charge in [0, 0.05) is 5.54 Å². The van der Waals surface area contributed by atoms with Gasteiger partial charge in [-0.2, -0.15) is 0 Å². The zero-order chi connectivity index (χ0) is 12.5. The van der Waals surface area contributed by atoms with Gasteiger partial charge in [-0.1, -0.05) is 26.7 Å². The second-order valence-corrected chi connectivity index (χ2v) is 6.39. The van der Waals surface area contributed by atoms with Crippen molar-refractivity contribution in [1.82, 2.24) is 4.90 Å². The molecule has 2 rings (SSSR count). The topological polar surface area (TPSA) is 40.5 Å². The van der Waals surface area contributed by atoms with Crippen LogP contribution in [0.5, 0.6) is 0 Å². The maximum atomic E-state index is 11.3. The Labute approximate surface area is 104 Å². The van der Waals surface area contributed by atoms with Crippen LogP contribution >= 0.6 is 0 Å². The van der Waals surface area contributed by atoms with Crippen LogP contribution in [0.1, 0.15) is 58.8 Å². The summed E-state index contributed by atoms with van der Waals surface area (Å²) in [6.07, 6.45) is 7.45. The number of likely N-dealkylation sites (tertiary alicyclic amines) is 1. The van der Waals surface area contributed by atoms with Gasteiger partial charge in [0.25, 0.3) is 0 Å². The Balaban J connectivity index is 2.29. The number of carboxylic acid groups (broad SMARTS) is 1. The third kappa shape index (κ3) is 2.22. The standard InChI is InChI=1S/C14H25NO2/c1-13(2)7-3-4-8-14(13,11-12(16)17)15-9-5-6-10-15/h3-11H2,1-2H3,(H,16,17). The number of nitrogens with zero attached hydrogens (tertiary/aromatic N) is 1. The Bertz CT molecular complexity index is 295. The van der Waals surface area contributed by atoms with Crippen LogP contribution in [0.15, 0.2) is 0 Å². The fourth-order valence-corrected chi connectivity index (χ4v) is 3.98. The molecule has 1 aliphatic carbocycles. The Kier molecular flexibility index (Phi) is 3.48. The van der Waals surface area contributed by atoms with E-state index < -0.39 is 5.97 Å². The average Bonchev–Trinajstić information content (AvgIpc) is 2.74. The van der Waals surface area contributed by atoms with E-state index in [-0.39, 0.29) is 11.0 Å². The third-order valence-corrected chi connectivity index (χ3v) is 5.06. The number of aliphatic carboxylic acids is 1. The number of hydrogen-bond acceptors (Lipinski definition) is 2. The van der Waals surface area contributed by atoms with Crippen molar-refractivity contribution in [2.45, 2.75) is 64.3 Å². The van der Waals surface area contributed by atoms with Gasteiger partial charge in [0.05, 0.1) is 6.42 Å². The first-order valence-electron chi connectivity index (χ1n) is 6.95. The lowest BCUT2D eigenvalue weighted by molar-refractivity contribution is -0.145. The minimum atomic E-state index is -0.633. The van der Waals surface area contributed by atoms with E-state index in [9.17, 15) is 9.90 Å². The molecule has 0 aromatic heterocycles. The van der Waals surface area contributed by atoms with Crippen molar-refractivity contribution in [3.8, 4) is 0 Å².